The zero-order chi connectivity index (χ0) is 22.7. The van der Waals surface area contributed by atoms with Gasteiger partial charge in [-0.05, 0) is 37.7 Å². The highest BCUT2D eigenvalue weighted by Crippen LogP contribution is 2.61. The van der Waals surface area contributed by atoms with Gasteiger partial charge in [-0.25, -0.2) is 9.78 Å². The van der Waals surface area contributed by atoms with Crippen LogP contribution in [0, 0.1) is 17.8 Å². The second-order valence-corrected chi connectivity index (χ2v) is 10.2. The Hall–Kier alpha value is -0.910. The van der Waals surface area contributed by atoms with Crippen molar-refractivity contribution in [2.75, 3.05) is 45.9 Å². The molecule has 0 aromatic carbocycles. The highest BCUT2D eigenvalue weighted by Gasteiger charge is 2.70. The zero-order valence-electron chi connectivity index (χ0n) is 18.7. The SMILES string of the molecule is C[C@@H]1CC[C@H]2C(CN3CCN(CCO)CC3)=C(C(F)(F)F)O[C@@H]3OC4(C)CCC1[C@]32OO4. The maximum absolute atomic E-state index is 14.2. The maximum Gasteiger partial charge on any atom is 0.449 e. The minimum Gasteiger partial charge on any atom is -0.456 e. The van der Waals surface area contributed by atoms with Crippen LogP contribution in [0.5, 0.6) is 0 Å². The van der Waals surface area contributed by atoms with Gasteiger partial charge in [0.25, 0.3) is 0 Å². The fraction of sp³-hybridized carbons (Fsp3) is 0.909. The fourth-order valence-corrected chi connectivity index (χ4v) is 6.47. The first kappa shape index (κ1) is 22.9. The van der Waals surface area contributed by atoms with Crippen LogP contribution in [0.2, 0.25) is 0 Å². The van der Waals surface area contributed by atoms with Crippen LogP contribution < -0.4 is 0 Å². The molecule has 182 valence electrons. The maximum atomic E-state index is 14.2. The van der Waals surface area contributed by atoms with Gasteiger partial charge in [0.05, 0.1) is 6.61 Å². The summed E-state index contributed by atoms with van der Waals surface area (Å²) in [5, 5.41) is 9.16. The predicted molar refractivity (Wildman–Crippen MR) is 107 cm³/mol. The number of alkyl halides is 3. The smallest absolute Gasteiger partial charge is 0.449 e. The van der Waals surface area contributed by atoms with E-state index >= 15 is 0 Å². The lowest BCUT2D eigenvalue weighted by Crippen LogP contribution is -2.68. The molecule has 2 unspecified atom stereocenters. The number of rotatable bonds is 4. The van der Waals surface area contributed by atoms with Crippen LogP contribution in [0.25, 0.3) is 0 Å². The first-order chi connectivity index (χ1) is 15.2. The van der Waals surface area contributed by atoms with Crippen LogP contribution in [0.4, 0.5) is 13.2 Å². The van der Waals surface area contributed by atoms with Crippen molar-refractivity contribution in [3.05, 3.63) is 11.3 Å². The number of hydrogen-bond donors (Lipinski definition) is 1. The van der Waals surface area contributed by atoms with Crippen molar-refractivity contribution in [3.63, 3.8) is 0 Å². The molecular weight excluding hydrogens is 429 g/mol. The molecule has 1 spiro atoms. The van der Waals surface area contributed by atoms with E-state index in [1.807, 2.05) is 4.90 Å². The Balaban J connectivity index is 1.50. The monoisotopic (exact) mass is 462 g/mol. The molecule has 5 heterocycles. The molecule has 6 rings (SSSR count). The number of hydrogen-bond acceptors (Lipinski definition) is 7. The number of aliphatic hydroxyl groups excluding tert-OH is 1. The predicted octanol–water partition coefficient (Wildman–Crippen LogP) is 2.66. The van der Waals surface area contributed by atoms with E-state index in [-0.39, 0.29) is 30.6 Å². The number of nitrogens with zero attached hydrogens (tertiary/aromatic N) is 2. The molecule has 7 nitrogen and oxygen atoms in total. The minimum absolute atomic E-state index is 0.00163. The Morgan fingerprint density at radius 2 is 1.78 bits per heavy atom. The number of β-amino-alcohol motifs (C(OH)–C–C–N with tert-alkyl or cyclic N) is 1. The molecule has 1 N–H and O–H groups in total. The van der Waals surface area contributed by atoms with Crippen molar-refractivity contribution in [3.8, 4) is 0 Å². The molecule has 32 heavy (non-hydrogen) atoms. The van der Waals surface area contributed by atoms with Crippen molar-refractivity contribution in [1.82, 2.24) is 9.80 Å². The Bertz CT molecular complexity index is 756. The summed E-state index contributed by atoms with van der Waals surface area (Å²) in [4.78, 5) is 15.9. The summed E-state index contributed by atoms with van der Waals surface area (Å²) < 4.78 is 54.4. The second kappa shape index (κ2) is 8.09. The molecule has 5 fully saturated rings. The quantitative estimate of drug-likeness (QED) is 0.645. The summed E-state index contributed by atoms with van der Waals surface area (Å²) in [5.74, 6) is -2.21. The summed E-state index contributed by atoms with van der Waals surface area (Å²) in [6.45, 7) is 7.42. The molecule has 2 bridgehead atoms. The van der Waals surface area contributed by atoms with Crippen LogP contribution in [0.1, 0.15) is 39.5 Å². The highest BCUT2D eigenvalue weighted by molar-refractivity contribution is 5.29. The Labute approximate surface area is 186 Å². The molecule has 10 heteroatoms. The molecule has 0 amide bonds. The van der Waals surface area contributed by atoms with E-state index in [9.17, 15) is 13.2 Å². The van der Waals surface area contributed by atoms with Gasteiger partial charge in [-0.15, -0.1) is 0 Å². The van der Waals surface area contributed by atoms with Crippen LogP contribution in [0.15, 0.2) is 11.3 Å². The number of piperazine rings is 1. The van der Waals surface area contributed by atoms with Crippen molar-refractivity contribution >= 4 is 0 Å². The van der Waals surface area contributed by atoms with E-state index in [0.29, 0.717) is 32.5 Å². The molecule has 4 saturated heterocycles. The highest BCUT2D eigenvalue weighted by atomic mass is 19.4. The van der Waals surface area contributed by atoms with Gasteiger partial charge in [-0.1, -0.05) is 6.92 Å². The molecule has 6 aliphatic rings. The molecule has 0 aromatic rings. The van der Waals surface area contributed by atoms with Crippen molar-refractivity contribution in [2.45, 2.75) is 63.4 Å². The summed E-state index contributed by atoms with van der Waals surface area (Å²) >= 11 is 0. The van der Waals surface area contributed by atoms with Gasteiger partial charge < -0.3 is 14.6 Å². The first-order valence-electron chi connectivity index (χ1n) is 11.7. The van der Waals surface area contributed by atoms with E-state index in [2.05, 4.69) is 11.8 Å². The van der Waals surface area contributed by atoms with Crippen molar-refractivity contribution < 1.29 is 37.5 Å². The molecule has 5 aliphatic heterocycles. The van der Waals surface area contributed by atoms with Crippen molar-refractivity contribution in [2.24, 2.45) is 17.8 Å². The number of aliphatic hydroxyl groups is 1. The normalized spacial score (nSPS) is 43.1. The summed E-state index contributed by atoms with van der Waals surface area (Å²) in [5.41, 5.74) is -0.796. The topological polar surface area (TPSA) is 63.6 Å². The van der Waals surface area contributed by atoms with Crippen molar-refractivity contribution in [1.29, 1.82) is 0 Å². The van der Waals surface area contributed by atoms with Crippen LogP contribution in [-0.4, -0.2) is 84.6 Å². The average molecular weight is 463 g/mol. The Kier molecular flexibility index (Phi) is 5.78. The minimum atomic E-state index is -4.61. The molecule has 0 radical (unpaired) electrons. The van der Waals surface area contributed by atoms with Crippen LogP contribution in [0.3, 0.4) is 0 Å². The number of halogens is 3. The van der Waals surface area contributed by atoms with Gasteiger partial charge in [0.1, 0.15) is 0 Å². The third kappa shape index (κ3) is 3.67. The van der Waals surface area contributed by atoms with Gasteiger partial charge >= 0.3 is 6.18 Å². The van der Waals surface area contributed by atoms with E-state index in [0.717, 1.165) is 25.9 Å². The summed E-state index contributed by atoms with van der Waals surface area (Å²) in [6.07, 6.45) is -3.00. The van der Waals surface area contributed by atoms with Gasteiger partial charge in [-0.2, -0.15) is 13.2 Å². The molecule has 1 aliphatic carbocycles. The fourth-order valence-electron chi connectivity index (χ4n) is 6.47. The number of ether oxygens (including phenoxy) is 2. The van der Waals surface area contributed by atoms with E-state index in [4.69, 9.17) is 24.4 Å². The third-order valence-electron chi connectivity index (χ3n) is 8.19. The van der Waals surface area contributed by atoms with E-state index in [1.165, 1.54) is 0 Å². The lowest BCUT2D eigenvalue weighted by Gasteiger charge is -2.57. The van der Waals surface area contributed by atoms with Crippen LogP contribution in [-0.2, 0) is 19.2 Å². The zero-order valence-corrected chi connectivity index (χ0v) is 18.7. The summed E-state index contributed by atoms with van der Waals surface area (Å²) in [7, 11) is 0. The lowest BCUT2D eigenvalue weighted by molar-refractivity contribution is -0.557. The van der Waals surface area contributed by atoms with Gasteiger partial charge in [0, 0.05) is 57.5 Å². The lowest BCUT2D eigenvalue weighted by atomic mass is 9.59. The van der Waals surface area contributed by atoms with Gasteiger partial charge in [0.2, 0.25) is 17.8 Å². The molecule has 1 saturated carbocycles. The largest absolute Gasteiger partial charge is 0.456 e. The second-order valence-electron chi connectivity index (χ2n) is 10.2. The Morgan fingerprint density at radius 3 is 2.47 bits per heavy atom. The Morgan fingerprint density at radius 1 is 1.06 bits per heavy atom. The number of allylic oxidation sites excluding steroid dienone is 1. The van der Waals surface area contributed by atoms with E-state index < -0.39 is 35.5 Å². The number of fused-ring (bicyclic) bond motifs is 2. The third-order valence-corrected chi connectivity index (χ3v) is 8.19. The standard InChI is InChI=1S/C22H33F3N2O5/c1-14-3-4-17-15(13-27-9-7-26(8-10-27)11-12-28)18(22(23,24)25)29-19-21(17)16(14)5-6-20(2,30-19)31-32-21/h14,16-17,19,28H,3-13H2,1-2H3/t14-,16?,17+,19-,20?,21-/m1/s1. The first-order valence-corrected chi connectivity index (χ1v) is 11.7. The summed E-state index contributed by atoms with van der Waals surface area (Å²) in [6, 6.07) is 0. The molecule has 6 atom stereocenters. The molecular formula is C22H33F3N2O5. The van der Waals surface area contributed by atoms with Gasteiger partial charge in [-0.3, -0.25) is 9.80 Å². The van der Waals surface area contributed by atoms with E-state index in [1.54, 1.807) is 6.92 Å². The molecule has 0 aromatic heterocycles. The average Bonchev–Trinajstić information content (AvgIpc) is 2.97. The van der Waals surface area contributed by atoms with Crippen LogP contribution >= 0.6 is 0 Å². The van der Waals surface area contributed by atoms with Gasteiger partial charge in [0.15, 0.2) is 5.60 Å².